The van der Waals surface area contributed by atoms with E-state index in [1.807, 2.05) is 12.1 Å². The van der Waals surface area contributed by atoms with Crippen molar-refractivity contribution in [1.82, 2.24) is 4.57 Å². The van der Waals surface area contributed by atoms with E-state index < -0.39 is 34.8 Å². The van der Waals surface area contributed by atoms with E-state index in [1.54, 1.807) is 6.07 Å². The maximum Gasteiger partial charge on any atom is 0.417 e. The lowest BCUT2D eigenvalue weighted by Gasteiger charge is -2.20. The van der Waals surface area contributed by atoms with E-state index in [1.165, 1.54) is 0 Å². The molecule has 0 aliphatic heterocycles. The Balaban J connectivity index is 1.83. The first-order valence-corrected chi connectivity index (χ1v) is 8.51. The Morgan fingerprint density at radius 2 is 1.96 bits per heavy atom. The molecular formula is C18H16ClF3N2O2. The molecule has 0 fully saturated rings. The number of aromatic nitrogens is 1. The third kappa shape index (κ3) is 3.93. The minimum Gasteiger partial charge on any atom is -0.324 e. The molecule has 1 aliphatic carbocycles. The number of nitrogens with zero attached hydrogens (tertiary/aromatic N) is 1. The van der Waals surface area contributed by atoms with E-state index in [9.17, 15) is 22.8 Å². The first-order chi connectivity index (χ1) is 12.3. The number of amides is 1. The van der Waals surface area contributed by atoms with Crippen LogP contribution in [0.1, 0.15) is 29.5 Å². The summed E-state index contributed by atoms with van der Waals surface area (Å²) in [4.78, 5) is 24.2. The van der Waals surface area contributed by atoms with Gasteiger partial charge in [0.05, 0.1) is 5.56 Å². The van der Waals surface area contributed by atoms with Crippen molar-refractivity contribution in [3.63, 3.8) is 0 Å². The Labute approximate surface area is 152 Å². The maximum absolute atomic E-state index is 12.9. The molecule has 1 aromatic heterocycles. The van der Waals surface area contributed by atoms with Crippen LogP contribution in [-0.4, -0.2) is 10.5 Å². The van der Waals surface area contributed by atoms with Crippen LogP contribution in [0.2, 0.25) is 5.02 Å². The first-order valence-electron chi connectivity index (χ1n) is 8.13. The molecule has 8 heteroatoms. The summed E-state index contributed by atoms with van der Waals surface area (Å²) in [5, 5.41) is 2.12. The molecule has 0 spiro atoms. The highest BCUT2D eigenvalue weighted by atomic mass is 35.5. The number of pyridine rings is 1. The summed E-state index contributed by atoms with van der Waals surface area (Å²) in [6.07, 6.45) is -0.184. The Bertz CT molecular complexity index is 906. The van der Waals surface area contributed by atoms with Crippen LogP contribution in [0.3, 0.4) is 0 Å². The van der Waals surface area contributed by atoms with Gasteiger partial charge in [0, 0.05) is 11.9 Å². The van der Waals surface area contributed by atoms with Crippen LogP contribution < -0.4 is 10.9 Å². The average molecular weight is 385 g/mol. The quantitative estimate of drug-likeness (QED) is 0.868. The number of carbonyl (C=O) groups is 1. The van der Waals surface area contributed by atoms with Gasteiger partial charge in [-0.2, -0.15) is 13.2 Å². The molecule has 2 aromatic rings. The maximum atomic E-state index is 12.9. The van der Waals surface area contributed by atoms with Crippen LogP contribution in [-0.2, 0) is 30.4 Å². The zero-order valence-corrected chi connectivity index (χ0v) is 14.5. The van der Waals surface area contributed by atoms with Crippen molar-refractivity contribution in [2.24, 2.45) is 0 Å². The Kier molecular flexibility index (Phi) is 5.09. The van der Waals surface area contributed by atoms with Gasteiger partial charge in [0.25, 0.3) is 5.56 Å². The van der Waals surface area contributed by atoms with Gasteiger partial charge in [-0.05, 0) is 48.9 Å². The van der Waals surface area contributed by atoms with Gasteiger partial charge in [0.2, 0.25) is 5.91 Å². The smallest absolute Gasteiger partial charge is 0.324 e. The van der Waals surface area contributed by atoms with Crippen molar-refractivity contribution in [2.75, 3.05) is 5.32 Å². The summed E-state index contributed by atoms with van der Waals surface area (Å²) in [6, 6.07) is 6.14. The highest BCUT2D eigenvalue weighted by molar-refractivity contribution is 6.30. The van der Waals surface area contributed by atoms with E-state index in [2.05, 4.69) is 5.32 Å². The molecule has 1 aliphatic rings. The Morgan fingerprint density at radius 3 is 2.69 bits per heavy atom. The van der Waals surface area contributed by atoms with Crippen molar-refractivity contribution in [1.29, 1.82) is 0 Å². The number of halogens is 4. The normalized spacial score (nSPS) is 14.0. The molecule has 0 atom stereocenters. The molecule has 1 N–H and O–H groups in total. The standard InChI is InChI=1S/C18H16ClF3N2O2/c19-14-8-12(18(20,21)22)9-24(17(14)26)10-16(25)23-15-7-3-5-11-4-1-2-6-13(11)15/h3,5,7-9H,1-2,4,6,10H2,(H,23,25). The molecule has 1 amide bonds. The predicted molar refractivity (Wildman–Crippen MR) is 92.4 cm³/mol. The molecule has 1 aromatic carbocycles. The van der Waals surface area contributed by atoms with E-state index in [0.29, 0.717) is 22.5 Å². The molecule has 0 bridgehead atoms. The number of rotatable bonds is 3. The lowest BCUT2D eigenvalue weighted by atomic mass is 9.90. The fourth-order valence-corrected chi connectivity index (χ4v) is 3.34. The van der Waals surface area contributed by atoms with Crippen LogP contribution in [0, 0.1) is 0 Å². The summed E-state index contributed by atoms with van der Waals surface area (Å²) in [7, 11) is 0. The highest BCUT2D eigenvalue weighted by Gasteiger charge is 2.32. The van der Waals surface area contributed by atoms with Crippen LogP contribution in [0.15, 0.2) is 35.3 Å². The molecule has 0 unspecified atom stereocenters. The number of aryl methyl sites for hydroxylation is 1. The molecule has 0 saturated heterocycles. The Hall–Kier alpha value is -2.28. The van der Waals surface area contributed by atoms with Crippen molar-refractivity contribution in [2.45, 2.75) is 38.4 Å². The molecule has 0 saturated carbocycles. The summed E-state index contributed by atoms with van der Waals surface area (Å²) in [6.45, 7) is -0.549. The number of hydrogen-bond donors (Lipinski definition) is 1. The number of alkyl halides is 3. The summed E-state index contributed by atoms with van der Waals surface area (Å²) in [5.74, 6) is -0.582. The molecule has 3 rings (SSSR count). The number of nitrogens with one attached hydrogen (secondary N) is 1. The topological polar surface area (TPSA) is 51.1 Å². The lowest BCUT2D eigenvalue weighted by Crippen LogP contribution is -2.29. The predicted octanol–water partition coefficient (Wildman–Crippen LogP) is 4.04. The highest BCUT2D eigenvalue weighted by Crippen LogP contribution is 2.30. The zero-order chi connectivity index (χ0) is 18.9. The third-order valence-corrected chi connectivity index (χ3v) is 4.62. The van der Waals surface area contributed by atoms with Gasteiger partial charge in [-0.3, -0.25) is 9.59 Å². The fraction of sp³-hybridized carbons (Fsp3) is 0.333. The fourth-order valence-electron chi connectivity index (χ4n) is 3.11. The Morgan fingerprint density at radius 1 is 1.23 bits per heavy atom. The van der Waals surface area contributed by atoms with Gasteiger partial charge in [-0.25, -0.2) is 0 Å². The number of benzene rings is 1. The van der Waals surface area contributed by atoms with Crippen LogP contribution in [0.5, 0.6) is 0 Å². The zero-order valence-electron chi connectivity index (χ0n) is 13.7. The van der Waals surface area contributed by atoms with E-state index in [4.69, 9.17) is 11.6 Å². The van der Waals surface area contributed by atoms with Gasteiger partial charge in [-0.1, -0.05) is 23.7 Å². The largest absolute Gasteiger partial charge is 0.417 e. The minimum atomic E-state index is -4.66. The average Bonchev–Trinajstić information content (AvgIpc) is 2.58. The third-order valence-electron chi connectivity index (χ3n) is 4.35. The van der Waals surface area contributed by atoms with Crippen LogP contribution >= 0.6 is 11.6 Å². The summed E-state index contributed by atoms with van der Waals surface area (Å²) >= 11 is 5.60. The molecule has 26 heavy (non-hydrogen) atoms. The molecule has 1 heterocycles. The van der Waals surface area contributed by atoms with Crippen molar-refractivity contribution in [3.8, 4) is 0 Å². The van der Waals surface area contributed by atoms with Gasteiger partial charge in [0.1, 0.15) is 11.6 Å². The van der Waals surface area contributed by atoms with Gasteiger partial charge >= 0.3 is 6.18 Å². The molecular weight excluding hydrogens is 369 g/mol. The molecule has 4 nitrogen and oxygen atoms in total. The van der Waals surface area contributed by atoms with Crippen molar-refractivity contribution >= 4 is 23.2 Å². The second-order valence-corrected chi connectivity index (χ2v) is 6.61. The van der Waals surface area contributed by atoms with Gasteiger partial charge in [-0.15, -0.1) is 0 Å². The van der Waals surface area contributed by atoms with E-state index in [0.717, 1.165) is 36.8 Å². The van der Waals surface area contributed by atoms with Crippen LogP contribution in [0.4, 0.5) is 18.9 Å². The van der Waals surface area contributed by atoms with Gasteiger partial charge < -0.3 is 9.88 Å². The number of carbonyl (C=O) groups excluding carboxylic acids is 1. The second-order valence-electron chi connectivity index (χ2n) is 6.21. The second kappa shape index (κ2) is 7.15. The molecule has 0 radical (unpaired) electrons. The van der Waals surface area contributed by atoms with E-state index >= 15 is 0 Å². The lowest BCUT2D eigenvalue weighted by molar-refractivity contribution is -0.138. The van der Waals surface area contributed by atoms with Crippen LogP contribution in [0.25, 0.3) is 0 Å². The van der Waals surface area contributed by atoms with Gasteiger partial charge in [0.15, 0.2) is 0 Å². The van der Waals surface area contributed by atoms with Crippen molar-refractivity contribution < 1.29 is 18.0 Å². The first kappa shape index (κ1) is 18.5. The monoisotopic (exact) mass is 384 g/mol. The minimum absolute atomic E-state index is 0.549. The summed E-state index contributed by atoms with van der Waals surface area (Å²) in [5.41, 5.74) is 0.921. The SMILES string of the molecule is O=C(Cn1cc(C(F)(F)F)cc(Cl)c1=O)Nc1cccc2c1CCCC2. The van der Waals surface area contributed by atoms with Crippen molar-refractivity contribution in [3.05, 3.63) is 62.5 Å². The number of anilines is 1. The molecule has 138 valence electrons. The number of fused-ring (bicyclic) bond motifs is 1. The van der Waals surface area contributed by atoms with E-state index in [-0.39, 0.29) is 0 Å². The number of hydrogen-bond acceptors (Lipinski definition) is 2. The summed E-state index contributed by atoms with van der Waals surface area (Å²) < 4.78 is 39.3.